The molecule has 3 aromatic rings. The highest BCUT2D eigenvalue weighted by molar-refractivity contribution is 6.33. The summed E-state index contributed by atoms with van der Waals surface area (Å²) in [7, 11) is 4.51. The van der Waals surface area contributed by atoms with Crippen LogP contribution in [0.2, 0.25) is 5.02 Å². The molecule has 1 aliphatic heterocycles. The number of esters is 1. The molecular formula is C25H19ClO7. The third-order valence-electron chi connectivity index (χ3n) is 4.97. The summed E-state index contributed by atoms with van der Waals surface area (Å²) in [6.07, 6.45) is 1.55. The smallest absolute Gasteiger partial charge is 0.345 e. The average Bonchev–Trinajstić information content (AvgIpc) is 3.13. The van der Waals surface area contributed by atoms with Crippen LogP contribution >= 0.6 is 11.6 Å². The van der Waals surface area contributed by atoms with Crippen LogP contribution in [0.4, 0.5) is 0 Å². The van der Waals surface area contributed by atoms with Crippen LogP contribution in [0.15, 0.2) is 60.4 Å². The number of hydrogen-bond donors (Lipinski definition) is 0. The van der Waals surface area contributed by atoms with Gasteiger partial charge >= 0.3 is 5.97 Å². The molecule has 0 radical (unpaired) electrons. The molecule has 1 heterocycles. The molecule has 0 aliphatic carbocycles. The second kappa shape index (κ2) is 9.26. The Morgan fingerprint density at radius 2 is 1.70 bits per heavy atom. The number of rotatable bonds is 6. The van der Waals surface area contributed by atoms with Gasteiger partial charge in [-0.2, -0.15) is 0 Å². The minimum absolute atomic E-state index is 0.0881. The van der Waals surface area contributed by atoms with Crippen LogP contribution in [0.1, 0.15) is 26.3 Å². The van der Waals surface area contributed by atoms with Crippen molar-refractivity contribution in [2.75, 3.05) is 21.3 Å². The molecule has 0 saturated heterocycles. The highest BCUT2D eigenvalue weighted by Crippen LogP contribution is 2.42. The van der Waals surface area contributed by atoms with E-state index in [0.717, 1.165) is 0 Å². The van der Waals surface area contributed by atoms with Crippen LogP contribution < -0.4 is 23.7 Å². The zero-order valence-corrected chi connectivity index (χ0v) is 18.8. The van der Waals surface area contributed by atoms with E-state index in [0.29, 0.717) is 28.4 Å². The van der Waals surface area contributed by atoms with Crippen molar-refractivity contribution in [3.05, 3.63) is 82.1 Å². The van der Waals surface area contributed by atoms with Crippen molar-refractivity contribution in [1.82, 2.24) is 0 Å². The number of Topliss-reactive ketones (excluding diaryl/α,β-unsaturated/α-hetero) is 1. The maximum absolute atomic E-state index is 12.9. The van der Waals surface area contributed by atoms with Crippen molar-refractivity contribution >= 4 is 29.4 Å². The van der Waals surface area contributed by atoms with Crippen LogP contribution in [0, 0.1) is 0 Å². The largest absolute Gasteiger partial charge is 0.493 e. The molecule has 0 aromatic heterocycles. The normalized spacial score (nSPS) is 13.3. The first kappa shape index (κ1) is 22.2. The van der Waals surface area contributed by atoms with Gasteiger partial charge in [0.05, 0.1) is 37.5 Å². The van der Waals surface area contributed by atoms with Crippen LogP contribution in [0.3, 0.4) is 0 Å². The molecule has 0 unspecified atom stereocenters. The standard InChI is InChI=1S/C25H19ClO7/c1-29-19-11-8-14(23(30-2)24(19)31-3)12-21-22(27)17-10-9-15(13-20(17)33-21)32-25(28)16-6-4-5-7-18(16)26/h4-13H,1-3H3/b21-12-. The molecule has 8 heteroatoms. The number of fused-ring (bicyclic) bond motifs is 1. The van der Waals surface area contributed by atoms with Gasteiger partial charge in [-0.3, -0.25) is 4.79 Å². The number of hydrogen-bond acceptors (Lipinski definition) is 7. The topological polar surface area (TPSA) is 80.3 Å². The molecule has 1 aliphatic rings. The maximum Gasteiger partial charge on any atom is 0.345 e. The third kappa shape index (κ3) is 4.23. The Kier molecular flexibility index (Phi) is 6.24. The Morgan fingerprint density at radius 1 is 0.939 bits per heavy atom. The van der Waals surface area contributed by atoms with Crippen LogP contribution in [-0.2, 0) is 0 Å². The van der Waals surface area contributed by atoms with Crippen molar-refractivity contribution in [1.29, 1.82) is 0 Å². The number of methoxy groups -OCH3 is 3. The molecule has 0 spiro atoms. The van der Waals surface area contributed by atoms with E-state index in [-0.39, 0.29) is 33.6 Å². The third-order valence-corrected chi connectivity index (χ3v) is 5.30. The Morgan fingerprint density at radius 3 is 2.39 bits per heavy atom. The fraction of sp³-hybridized carbons (Fsp3) is 0.120. The molecule has 7 nitrogen and oxygen atoms in total. The number of ketones is 1. The van der Waals surface area contributed by atoms with E-state index in [1.807, 2.05) is 0 Å². The van der Waals surface area contributed by atoms with Crippen LogP contribution in [-0.4, -0.2) is 33.1 Å². The number of halogens is 1. The first-order chi connectivity index (χ1) is 16.0. The van der Waals surface area contributed by atoms with Gasteiger partial charge in [-0.15, -0.1) is 0 Å². The van der Waals surface area contributed by atoms with Crippen molar-refractivity contribution < 1.29 is 33.3 Å². The number of ether oxygens (including phenoxy) is 5. The van der Waals surface area contributed by atoms with Crippen molar-refractivity contribution in [2.45, 2.75) is 0 Å². The summed E-state index contributed by atoms with van der Waals surface area (Å²) in [4.78, 5) is 25.3. The fourth-order valence-electron chi connectivity index (χ4n) is 3.40. The summed E-state index contributed by atoms with van der Waals surface area (Å²) < 4.78 is 27.3. The number of benzene rings is 3. The van der Waals surface area contributed by atoms with Gasteiger partial charge < -0.3 is 23.7 Å². The molecule has 33 heavy (non-hydrogen) atoms. The predicted octanol–water partition coefficient (Wildman–Crippen LogP) is 5.20. The summed E-state index contributed by atoms with van der Waals surface area (Å²) in [5.41, 5.74) is 1.15. The number of allylic oxidation sites excluding steroid dienone is 1. The fourth-order valence-corrected chi connectivity index (χ4v) is 3.61. The Hall–Kier alpha value is -3.97. The van der Waals surface area contributed by atoms with E-state index >= 15 is 0 Å². The highest BCUT2D eigenvalue weighted by Gasteiger charge is 2.29. The first-order valence-electron chi connectivity index (χ1n) is 9.80. The van der Waals surface area contributed by atoms with Gasteiger partial charge in [0.2, 0.25) is 11.5 Å². The molecule has 0 saturated carbocycles. The molecule has 4 rings (SSSR count). The SMILES string of the molecule is COc1ccc(/C=C2\Oc3cc(OC(=O)c4ccccc4Cl)ccc3C2=O)c(OC)c1OC. The zero-order valence-electron chi connectivity index (χ0n) is 18.0. The maximum atomic E-state index is 12.9. The minimum atomic E-state index is -0.615. The van der Waals surface area contributed by atoms with Gasteiger partial charge in [0.1, 0.15) is 11.5 Å². The molecule has 0 amide bonds. The lowest BCUT2D eigenvalue weighted by atomic mass is 10.1. The summed E-state index contributed by atoms with van der Waals surface area (Å²) in [5, 5.41) is 0.282. The molecule has 0 bridgehead atoms. The summed E-state index contributed by atoms with van der Waals surface area (Å²) in [6.45, 7) is 0. The van der Waals surface area contributed by atoms with Crippen molar-refractivity contribution in [3.8, 4) is 28.7 Å². The summed E-state index contributed by atoms with van der Waals surface area (Å²) in [5.74, 6) is 0.929. The summed E-state index contributed by atoms with van der Waals surface area (Å²) >= 11 is 6.06. The summed E-state index contributed by atoms with van der Waals surface area (Å²) in [6, 6.07) is 14.5. The first-order valence-corrected chi connectivity index (χ1v) is 10.2. The number of carbonyl (C=O) groups is 2. The number of carbonyl (C=O) groups excluding carboxylic acids is 2. The van der Waals surface area contributed by atoms with Crippen molar-refractivity contribution in [3.63, 3.8) is 0 Å². The molecule has 0 fully saturated rings. The van der Waals surface area contributed by atoms with E-state index in [2.05, 4.69) is 0 Å². The Labute approximate surface area is 195 Å². The van der Waals surface area contributed by atoms with E-state index < -0.39 is 5.97 Å². The lowest BCUT2D eigenvalue weighted by molar-refractivity contribution is 0.0734. The molecule has 168 valence electrons. The van der Waals surface area contributed by atoms with Gasteiger partial charge in [0.15, 0.2) is 17.3 Å². The predicted molar refractivity (Wildman–Crippen MR) is 122 cm³/mol. The second-order valence-corrected chi connectivity index (χ2v) is 7.30. The lowest BCUT2D eigenvalue weighted by Gasteiger charge is -2.14. The lowest BCUT2D eigenvalue weighted by Crippen LogP contribution is -2.09. The monoisotopic (exact) mass is 466 g/mol. The van der Waals surface area contributed by atoms with Crippen LogP contribution in [0.5, 0.6) is 28.7 Å². The zero-order chi connectivity index (χ0) is 23.5. The van der Waals surface area contributed by atoms with E-state index in [9.17, 15) is 9.59 Å². The molecule has 0 atom stereocenters. The Bertz CT molecular complexity index is 1280. The molecule has 3 aromatic carbocycles. The van der Waals surface area contributed by atoms with Gasteiger partial charge in [-0.05, 0) is 42.5 Å². The van der Waals surface area contributed by atoms with E-state index in [4.69, 9.17) is 35.3 Å². The van der Waals surface area contributed by atoms with Gasteiger partial charge in [-0.1, -0.05) is 23.7 Å². The Balaban J connectivity index is 1.61. The molecular weight excluding hydrogens is 448 g/mol. The van der Waals surface area contributed by atoms with Crippen LogP contribution in [0.25, 0.3) is 6.08 Å². The molecule has 0 N–H and O–H groups in total. The van der Waals surface area contributed by atoms with E-state index in [1.165, 1.54) is 33.5 Å². The highest BCUT2D eigenvalue weighted by atomic mass is 35.5. The minimum Gasteiger partial charge on any atom is -0.493 e. The van der Waals surface area contributed by atoms with Gasteiger partial charge in [0.25, 0.3) is 0 Å². The quantitative estimate of drug-likeness (QED) is 0.280. The van der Waals surface area contributed by atoms with E-state index in [1.54, 1.807) is 48.5 Å². The van der Waals surface area contributed by atoms with Crippen molar-refractivity contribution in [2.24, 2.45) is 0 Å². The van der Waals surface area contributed by atoms with Gasteiger partial charge in [0, 0.05) is 11.6 Å². The second-order valence-electron chi connectivity index (χ2n) is 6.89. The van der Waals surface area contributed by atoms with Gasteiger partial charge in [-0.25, -0.2) is 4.79 Å². The average molecular weight is 467 g/mol.